The lowest BCUT2D eigenvalue weighted by Crippen LogP contribution is -2.44. The fourth-order valence-corrected chi connectivity index (χ4v) is 5.22. The number of carbonyl (C=O) groups excluding carboxylic acids is 3. The molecule has 1 saturated carbocycles. The maximum atomic E-state index is 12.1. The van der Waals surface area contributed by atoms with Crippen molar-refractivity contribution in [1.82, 2.24) is 10.6 Å². The number of nitrogens with one attached hydrogen (secondary N) is 2. The lowest BCUT2D eigenvalue weighted by atomic mass is 9.60. The van der Waals surface area contributed by atoms with Crippen molar-refractivity contribution in [2.45, 2.75) is 59.3 Å². The van der Waals surface area contributed by atoms with E-state index in [9.17, 15) is 14.4 Å². The Morgan fingerprint density at radius 1 is 1.00 bits per heavy atom. The highest BCUT2D eigenvalue weighted by atomic mass is 16.6. The van der Waals surface area contributed by atoms with Gasteiger partial charge in [-0.25, -0.2) is 9.59 Å². The molecule has 0 bridgehead atoms. The fraction of sp³-hybridized carbons (Fsp3) is 0.720. The Labute approximate surface area is 197 Å². The minimum Gasteiger partial charge on any atom is -0.469 e. The number of allylic oxidation sites excluding steroid dienone is 3. The molecule has 8 heteroatoms. The van der Waals surface area contributed by atoms with Crippen LogP contribution in [0.25, 0.3) is 0 Å². The van der Waals surface area contributed by atoms with Crippen molar-refractivity contribution in [3.05, 3.63) is 24.3 Å². The Kier molecular flexibility index (Phi) is 10.3. The van der Waals surface area contributed by atoms with E-state index in [1.807, 2.05) is 12.2 Å². The maximum absolute atomic E-state index is 12.1. The highest BCUT2D eigenvalue weighted by Gasteiger charge is 2.42. The van der Waals surface area contributed by atoms with Gasteiger partial charge in [0.25, 0.3) is 0 Å². The van der Waals surface area contributed by atoms with Gasteiger partial charge in [0.1, 0.15) is 0 Å². The number of hydrogen-bond acceptors (Lipinski definition) is 6. The first-order valence-electron chi connectivity index (χ1n) is 11.8. The highest BCUT2D eigenvalue weighted by Crippen LogP contribution is 2.49. The van der Waals surface area contributed by atoms with Crippen LogP contribution in [0.3, 0.4) is 0 Å². The molecular formula is C25H40N2O6. The normalized spacial score (nSPS) is 25.7. The summed E-state index contributed by atoms with van der Waals surface area (Å²) in [5, 5.41) is 5.61. The molecule has 33 heavy (non-hydrogen) atoms. The Balaban J connectivity index is 1.60. The van der Waals surface area contributed by atoms with E-state index in [1.54, 1.807) is 0 Å². The van der Waals surface area contributed by atoms with E-state index in [0.29, 0.717) is 31.8 Å². The first-order chi connectivity index (χ1) is 15.6. The van der Waals surface area contributed by atoms with Gasteiger partial charge in [-0.2, -0.15) is 0 Å². The minimum atomic E-state index is -0.481. The standard InChI is InChI=1S/C25H40N2O6/c1-24(2)14-20(13-21(28)31-4)15-25(3,17-24)18-27-23(30)33-12-8-11-32-22(29)26-16-19-9-6-5-7-10-19/h5-7,9,19-20H,8,10-18H2,1-4H3,(H,26,29)(H,27,30). The third-order valence-corrected chi connectivity index (χ3v) is 6.20. The summed E-state index contributed by atoms with van der Waals surface area (Å²) in [5.74, 6) is 0.339. The van der Waals surface area contributed by atoms with Gasteiger partial charge in [0.05, 0.1) is 20.3 Å². The van der Waals surface area contributed by atoms with Gasteiger partial charge >= 0.3 is 18.2 Å². The van der Waals surface area contributed by atoms with Crippen LogP contribution < -0.4 is 10.6 Å². The van der Waals surface area contributed by atoms with Gasteiger partial charge in [-0.3, -0.25) is 4.79 Å². The molecule has 2 amide bonds. The van der Waals surface area contributed by atoms with E-state index < -0.39 is 12.2 Å². The average Bonchev–Trinajstić information content (AvgIpc) is 2.75. The summed E-state index contributed by atoms with van der Waals surface area (Å²) in [4.78, 5) is 35.6. The van der Waals surface area contributed by atoms with Crippen molar-refractivity contribution in [2.75, 3.05) is 33.4 Å². The predicted molar refractivity (Wildman–Crippen MR) is 126 cm³/mol. The summed E-state index contributed by atoms with van der Waals surface area (Å²) in [6.45, 7) is 7.91. The third kappa shape index (κ3) is 10.3. The van der Waals surface area contributed by atoms with Crippen molar-refractivity contribution in [3.63, 3.8) is 0 Å². The molecule has 0 aromatic heterocycles. The second-order valence-corrected chi connectivity index (χ2v) is 10.4. The molecule has 2 aliphatic rings. The van der Waals surface area contributed by atoms with Gasteiger partial charge in [-0.1, -0.05) is 45.1 Å². The lowest BCUT2D eigenvalue weighted by molar-refractivity contribution is -0.142. The van der Waals surface area contributed by atoms with Crippen LogP contribution in [0.15, 0.2) is 24.3 Å². The summed E-state index contributed by atoms with van der Waals surface area (Å²) in [5.41, 5.74) is -0.0386. The number of rotatable bonds is 10. The van der Waals surface area contributed by atoms with E-state index in [2.05, 4.69) is 43.6 Å². The Morgan fingerprint density at radius 2 is 1.70 bits per heavy atom. The lowest BCUT2D eigenvalue weighted by Gasteiger charge is -2.46. The molecule has 0 aromatic carbocycles. The Bertz CT molecular complexity index is 732. The summed E-state index contributed by atoms with van der Waals surface area (Å²) < 4.78 is 15.2. The zero-order chi connectivity index (χ0) is 24.3. The minimum absolute atomic E-state index is 0.0825. The van der Waals surface area contributed by atoms with Gasteiger partial charge < -0.3 is 24.8 Å². The van der Waals surface area contributed by atoms with Crippen LogP contribution in [0.4, 0.5) is 9.59 Å². The van der Waals surface area contributed by atoms with Gasteiger partial charge in [0, 0.05) is 25.9 Å². The number of alkyl carbamates (subject to hydrolysis) is 2. The number of esters is 1. The van der Waals surface area contributed by atoms with E-state index in [-0.39, 0.29) is 35.9 Å². The smallest absolute Gasteiger partial charge is 0.407 e. The summed E-state index contributed by atoms with van der Waals surface area (Å²) in [6, 6.07) is 0. The molecule has 0 heterocycles. The van der Waals surface area contributed by atoms with Crippen LogP contribution in [0.5, 0.6) is 0 Å². The van der Waals surface area contributed by atoms with Gasteiger partial charge in [0.2, 0.25) is 0 Å². The number of carbonyl (C=O) groups is 3. The molecule has 2 rings (SSSR count). The Hall–Kier alpha value is -2.51. The average molecular weight is 465 g/mol. The molecule has 186 valence electrons. The summed E-state index contributed by atoms with van der Waals surface area (Å²) in [6.07, 6.45) is 11.6. The van der Waals surface area contributed by atoms with Crippen LogP contribution in [0.2, 0.25) is 0 Å². The van der Waals surface area contributed by atoms with Gasteiger partial charge in [0.15, 0.2) is 0 Å². The number of hydrogen-bond donors (Lipinski definition) is 2. The molecule has 0 aromatic rings. The second-order valence-electron chi connectivity index (χ2n) is 10.4. The molecule has 2 N–H and O–H groups in total. The number of ether oxygens (including phenoxy) is 3. The largest absolute Gasteiger partial charge is 0.469 e. The first-order valence-corrected chi connectivity index (χ1v) is 11.8. The molecule has 0 radical (unpaired) electrons. The summed E-state index contributed by atoms with van der Waals surface area (Å²) in [7, 11) is 1.41. The summed E-state index contributed by atoms with van der Waals surface area (Å²) >= 11 is 0. The van der Waals surface area contributed by atoms with Crippen LogP contribution in [-0.4, -0.2) is 51.6 Å². The third-order valence-electron chi connectivity index (χ3n) is 6.20. The SMILES string of the molecule is COC(=O)CC1CC(C)(C)CC(C)(CNC(=O)OCCCOC(=O)NCC2C=CC=CC2)C1. The fourth-order valence-electron chi connectivity index (χ4n) is 5.22. The van der Waals surface area contributed by atoms with Crippen molar-refractivity contribution in [3.8, 4) is 0 Å². The molecule has 1 fully saturated rings. The van der Waals surface area contributed by atoms with Crippen LogP contribution in [-0.2, 0) is 19.0 Å². The highest BCUT2D eigenvalue weighted by molar-refractivity contribution is 5.69. The van der Waals surface area contributed by atoms with E-state index in [4.69, 9.17) is 14.2 Å². The van der Waals surface area contributed by atoms with Crippen LogP contribution in [0.1, 0.15) is 59.3 Å². The topological polar surface area (TPSA) is 103 Å². The van der Waals surface area contributed by atoms with Crippen molar-refractivity contribution in [2.24, 2.45) is 22.7 Å². The van der Waals surface area contributed by atoms with Crippen molar-refractivity contribution < 1.29 is 28.6 Å². The van der Waals surface area contributed by atoms with Crippen molar-refractivity contribution in [1.29, 1.82) is 0 Å². The molecule has 8 nitrogen and oxygen atoms in total. The molecule has 0 saturated heterocycles. The quantitative estimate of drug-likeness (QED) is 0.283. The van der Waals surface area contributed by atoms with E-state index in [0.717, 1.165) is 25.7 Å². The predicted octanol–water partition coefficient (Wildman–Crippen LogP) is 4.36. The molecule has 3 unspecified atom stereocenters. The molecule has 0 aliphatic heterocycles. The van der Waals surface area contributed by atoms with E-state index in [1.165, 1.54) is 7.11 Å². The molecule has 3 atom stereocenters. The van der Waals surface area contributed by atoms with Crippen molar-refractivity contribution >= 4 is 18.2 Å². The number of amides is 2. The van der Waals surface area contributed by atoms with Gasteiger partial charge in [-0.15, -0.1) is 0 Å². The maximum Gasteiger partial charge on any atom is 0.407 e. The number of methoxy groups -OCH3 is 1. The second kappa shape index (κ2) is 12.7. The van der Waals surface area contributed by atoms with Crippen LogP contribution >= 0.6 is 0 Å². The molecular weight excluding hydrogens is 424 g/mol. The first kappa shape index (κ1) is 26.7. The monoisotopic (exact) mass is 464 g/mol. The molecule has 0 spiro atoms. The Morgan fingerprint density at radius 3 is 2.33 bits per heavy atom. The van der Waals surface area contributed by atoms with Crippen LogP contribution in [0, 0.1) is 22.7 Å². The zero-order valence-electron chi connectivity index (χ0n) is 20.5. The van der Waals surface area contributed by atoms with Gasteiger partial charge in [-0.05, 0) is 48.3 Å². The molecule has 2 aliphatic carbocycles. The zero-order valence-corrected chi connectivity index (χ0v) is 20.5. The van der Waals surface area contributed by atoms with E-state index >= 15 is 0 Å².